The number of amides is 1. The molecule has 5 heteroatoms. The Morgan fingerprint density at radius 1 is 1.30 bits per heavy atom. The molecule has 0 aromatic heterocycles. The molecule has 2 bridgehead atoms. The normalized spacial score (nSPS) is 27.9. The van der Waals surface area contributed by atoms with Crippen molar-refractivity contribution in [2.24, 2.45) is 5.92 Å². The third-order valence-corrected chi connectivity index (χ3v) is 5.53. The molecule has 4 nitrogen and oxygen atoms in total. The van der Waals surface area contributed by atoms with Crippen molar-refractivity contribution < 1.29 is 9.53 Å². The molecule has 1 N–H and O–H groups in total. The Kier molecular flexibility index (Phi) is 5.27. The smallest absolute Gasteiger partial charge is 0.251 e. The SMILES string of the molecule is COc1ccc(C(=O)N[C@@H]2C3CCN(CC3)C2(C)C)cc1C.Cl. The quantitative estimate of drug-likeness (QED) is 0.921. The van der Waals surface area contributed by atoms with Crippen molar-refractivity contribution in [3.63, 3.8) is 0 Å². The molecule has 1 aromatic carbocycles. The number of fused-ring (bicyclic) bond motifs is 3. The maximum Gasteiger partial charge on any atom is 0.251 e. The molecule has 3 heterocycles. The summed E-state index contributed by atoms with van der Waals surface area (Å²) in [6.45, 7) is 8.79. The monoisotopic (exact) mass is 338 g/mol. The van der Waals surface area contributed by atoms with Crippen LogP contribution >= 0.6 is 12.4 Å². The van der Waals surface area contributed by atoms with Gasteiger partial charge in [-0.25, -0.2) is 0 Å². The van der Waals surface area contributed by atoms with Crippen LogP contribution in [0.4, 0.5) is 0 Å². The Labute approximate surface area is 145 Å². The fraction of sp³-hybridized carbons (Fsp3) is 0.611. The first-order valence-electron chi connectivity index (χ1n) is 8.14. The number of carbonyl (C=O) groups is 1. The molecule has 4 rings (SSSR count). The van der Waals surface area contributed by atoms with Gasteiger partial charge in [-0.1, -0.05) is 0 Å². The third kappa shape index (κ3) is 3.20. The molecule has 3 aliphatic rings. The van der Waals surface area contributed by atoms with Crippen molar-refractivity contribution in [2.45, 2.75) is 45.2 Å². The van der Waals surface area contributed by atoms with Crippen molar-refractivity contribution in [1.29, 1.82) is 0 Å². The maximum atomic E-state index is 12.7. The largest absolute Gasteiger partial charge is 0.496 e. The first kappa shape index (κ1) is 18.1. The second-order valence-electron chi connectivity index (χ2n) is 7.11. The van der Waals surface area contributed by atoms with E-state index in [9.17, 15) is 4.79 Å². The van der Waals surface area contributed by atoms with Gasteiger partial charge in [0.1, 0.15) is 5.75 Å². The van der Waals surface area contributed by atoms with Crippen molar-refractivity contribution in [3.8, 4) is 5.75 Å². The van der Waals surface area contributed by atoms with Crippen LogP contribution in [0, 0.1) is 12.8 Å². The molecule has 1 aromatic rings. The lowest BCUT2D eigenvalue weighted by molar-refractivity contribution is -0.0378. The minimum absolute atomic E-state index is 0. The van der Waals surface area contributed by atoms with Crippen LogP contribution in [0.5, 0.6) is 5.75 Å². The van der Waals surface area contributed by atoms with Gasteiger partial charge in [-0.05, 0) is 76.4 Å². The van der Waals surface area contributed by atoms with Gasteiger partial charge in [0.05, 0.1) is 7.11 Å². The Hall–Kier alpha value is -1.26. The van der Waals surface area contributed by atoms with Crippen molar-refractivity contribution >= 4 is 18.3 Å². The minimum Gasteiger partial charge on any atom is -0.496 e. The molecule has 0 aliphatic carbocycles. The van der Waals surface area contributed by atoms with E-state index in [1.807, 2.05) is 25.1 Å². The number of benzene rings is 1. The summed E-state index contributed by atoms with van der Waals surface area (Å²) in [6.07, 6.45) is 2.38. The first-order chi connectivity index (χ1) is 10.4. The van der Waals surface area contributed by atoms with E-state index in [1.54, 1.807) is 7.11 Å². The predicted molar refractivity (Wildman–Crippen MR) is 94.6 cm³/mol. The molecule has 3 fully saturated rings. The summed E-state index contributed by atoms with van der Waals surface area (Å²) in [4.78, 5) is 15.2. The molecule has 0 spiro atoms. The van der Waals surface area contributed by atoms with Crippen LogP contribution in [-0.2, 0) is 0 Å². The van der Waals surface area contributed by atoms with Crippen LogP contribution in [-0.4, -0.2) is 42.6 Å². The van der Waals surface area contributed by atoms with Gasteiger partial charge in [-0.2, -0.15) is 0 Å². The summed E-state index contributed by atoms with van der Waals surface area (Å²) in [7, 11) is 1.65. The van der Waals surface area contributed by atoms with Gasteiger partial charge >= 0.3 is 0 Å². The zero-order chi connectivity index (χ0) is 15.9. The van der Waals surface area contributed by atoms with E-state index in [4.69, 9.17) is 4.74 Å². The van der Waals surface area contributed by atoms with Crippen molar-refractivity contribution in [3.05, 3.63) is 29.3 Å². The number of hydrogen-bond donors (Lipinski definition) is 1. The highest BCUT2D eigenvalue weighted by atomic mass is 35.5. The van der Waals surface area contributed by atoms with E-state index in [1.165, 1.54) is 12.8 Å². The Balaban J connectivity index is 0.00000192. The highest BCUT2D eigenvalue weighted by Gasteiger charge is 2.48. The standard InChI is InChI=1S/C18H26N2O2.ClH/c1-12-11-14(5-6-15(12)22-4)17(21)19-16-13-7-9-20(10-8-13)18(16,2)3;/h5-6,11,13,16H,7-10H2,1-4H3,(H,19,21);1H/t16-;/m1./s1. The number of carbonyl (C=O) groups excluding carboxylic acids is 1. The molecule has 3 saturated heterocycles. The zero-order valence-electron chi connectivity index (χ0n) is 14.4. The minimum atomic E-state index is 0. The van der Waals surface area contributed by atoms with E-state index < -0.39 is 0 Å². The van der Waals surface area contributed by atoms with Crippen LogP contribution in [0.15, 0.2) is 18.2 Å². The molecule has 128 valence electrons. The lowest BCUT2D eigenvalue weighted by Gasteiger charge is -2.56. The lowest BCUT2D eigenvalue weighted by atomic mass is 9.72. The lowest BCUT2D eigenvalue weighted by Crippen LogP contribution is -2.69. The van der Waals surface area contributed by atoms with Crippen molar-refractivity contribution in [1.82, 2.24) is 10.2 Å². The number of halogens is 1. The van der Waals surface area contributed by atoms with Crippen LogP contribution in [0.25, 0.3) is 0 Å². The Bertz CT molecular complexity index is 580. The molecular formula is C18H27ClN2O2. The van der Waals surface area contributed by atoms with Gasteiger partial charge in [-0.15, -0.1) is 12.4 Å². The summed E-state index contributed by atoms with van der Waals surface area (Å²) in [5.41, 5.74) is 1.74. The van der Waals surface area contributed by atoms with Gasteiger partial charge in [0.2, 0.25) is 0 Å². The topological polar surface area (TPSA) is 41.6 Å². The summed E-state index contributed by atoms with van der Waals surface area (Å²) in [5.74, 6) is 1.44. The second kappa shape index (κ2) is 6.70. The van der Waals surface area contributed by atoms with Gasteiger partial charge in [-0.3, -0.25) is 9.69 Å². The third-order valence-electron chi connectivity index (χ3n) is 5.53. The number of nitrogens with one attached hydrogen (secondary N) is 1. The highest BCUT2D eigenvalue weighted by molar-refractivity contribution is 5.95. The molecule has 1 amide bonds. The van der Waals surface area contributed by atoms with Gasteiger partial charge in [0.15, 0.2) is 0 Å². The Morgan fingerprint density at radius 3 is 2.48 bits per heavy atom. The second-order valence-corrected chi connectivity index (χ2v) is 7.11. The van der Waals surface area contributed by atoms with E-state index in [2.05, 4.69) is 24.1 Å². The number of ether oxygens (including phenoxy) is 1. The molecular weight excluding hydrogens is 312 g/mol. The number of methoxy groups -OCH3 is 1. The fourth-order valence-electron chi connectivity index (χ4n) is 4.12. The van der Waals surface area contributed by atoms with Crippen LogP contribution < -0.4 is 10.1 Å². The number of rotatable bonds is 3. The van der Waals surface area contributed by atoms with E-state index in [0.717, 1.165) is 24.4 Å². The van der Waals surface area contributed by atoms with Gasteiger partial charge in [0.25, 0.3) is 5.91 Å². The van der Waals surface area contributed by atoms with Crippen LogP contribution in [0.2, 0.25) is 0 Å². The molecule has 0 radical (unpaired) electrons. The van der Waals surface area contributed by atoms with Crippen molar-refractivity contribution in [2.75, 3.05) is 20.2 Å². The number of hydrogen-bond acceptors (Lipinski definition) is 3. The van der Waals surface area contributed by atoms with Gasteiger partial charge in [0, 0.05) is 17.1 Å². The number of nitrogens with zero attached hydrogens (tertiary/aromatic N) is 1. The zero-order valence-corrected chi connectivity index (χ0v) is 15.2. The summed E-state index contributed by atoms with van der Waals surface area (Å²) in [6, 6.07) is 5.84. The molecule has 0 saturated carbocycles. The van der Waals surface area contributed by atoms with Crippen LogP contribution in [0.3, 0.4) is 0 Å². The predicted octanol–water partition coefficient (Wildman–Crippen LogP) is 3.03. The number of aryl methyl sites for hydroxylation is 1. The van der Waals surface area contributed by atoms with E-state index in [0.29, 0.717) is 11.5 Å². The maximum absolute atomic E-state index is 12.7. The number of piperidine rings is 3. The molecule has 3 aliphatic heterocycles. The molecule has 23 heavy (non-hydrogen) atoms. The summed E-state index contributed by atoms with van der Waals surface area (Å²) < 4.78 is 5.26. The average molecular weight is 339 g/mol. The Morgan fingerprint density at radius 2 is 1.96 bits per heavy atom. The van der Waals surface area contributed by atoms with E-state index >= 15 is 0 Å². The molecule has 1 atom stereocenters. The van der Waals surface area contributed by atoms with E-state index in [-0.39, 0.29) is 29.9 Å². The highest BCUT2D eigenvalue weighted by Crippen LogP contribution is 2.39. The molecule has 0 unspecified atom stereocenters. The van der Waals surface area contributed by atoms with Gasteiger partial charge < -0.3 is 10.1 Å². The average Bonchev–Trinajstić information content (AvgIpc) is 2.51. The van der Waals surface area contributed by atoms with Crippen LogP contribution in [0.1, 0.15) is 42.6 Å². The first-order valence-corrected chi connectivity index (χ1v) is 8.14. The summed E-state index contributed by atoms with van der Waals surface area (Å²) >= 11 is 0. The fourth-order valence-corrected chi connectivity index (χ4v) is 4.12. The summed E-state index contributed by atoms with van der Waals surface area (Å²) in [5, 5.41) is 3.30.